The van der Waals surface area contributed by atoms with Crippen LogP contribution in [0.3, 0.4) is 0 Å². The lowest BCUT2D eigenvalue weighted by atomic mass is 10.0. The fourth-order valence-corrected chi connectivity index (χ4v) is 12.7. The summed E-state index contributed by atoms with van der Waals surface area (Å²) in [4.78, 5) is 72.7. The molecule has 546 valence electrons. The van der Waals surface area contributed by atoms with Crippen LogP contribution in [0.1, 0.15) is 375 Å². The van der Waals surface area contributed by atoms with Crippen molar-refractivity contribution in [3.63, 3.8) is 0 Å². The first-order valence-corrected chi connectivity index (χ1v) is 41.0. The fraction of sp³-hybridized carbons (Fsp3) is 0.945. The highest BCUT2D eigenvalue weighted by Gasteiger charge is 2.30. The van der Waals surface area contributed by atoms with Crippen molar-refractivity contribution in [2.24, 2.45) is 11.8 Å². The first kappa shape index (κ1) is 90.1. The zero-order valence-electron chi connectivity index (χ0n) is 59.9. The van der Waals surface area contributed by atoms with Gasteiger partial charge in [0.15, 0.2) is 12.2 Å². The summed E-state index contributed by atoms with van der Waals surface area (Å²) >= 11 is 0. The SMILES string of the molecule is CCCCCCCCCCCCCCCCC(=O)OC[C@H](COP(=O)(O)OC[C@@H](O)COP(=O)(O)OC[C@@H](COC(=O)CCCCCCCCCCCCC)OC(=O)CCCCCCCCCCCCC(C)C)OC(=O)CCCCCCCCCCCCCC(C)C. The number of carbonyl (C=O) groups excluding carboxylic acids is 4. The quantitative estimate of drug-likeness (QED) is 0.0222. The van der Waals surface area contributed by atoms with E-state index in [0.29, 0.717) is 25.7 Å². The molecule has 19 heteroatoms. The van der Waals surface area contributed by atoms with Gasteiger partial charge in [-0.05, 0) is 37.5 Å². The molecule has 3 N–H and O–H groups in total. The molecule has 0 aliphatic rings. The molecule has 0 spiro atoms. The van der Waals surface area contributed by atoms with Crippen LogP contribution in [0.4, 0.5) is 0 Å². The van der Waals surface area contributed by atoms with Gasteiger partial charge in [-0.15, -0.1) is 0 Å². The second-order valence-electron chi connectivity index (χ2n) is 27.3. The zero-order valence-corrected chi connectivity index (χ0v) is 61.6. The Balaban J connectivity index is 5.26. The Morgan fingerprint density at radius 2 is 0.500 bits per heavy atom. The standard InChI is InChI=1S/C73H142O17P2/c1-7-9-11-13-15-17-19-20-21-25-32-38-44-50-56-71(76)84-62-68(89-72(77)57-51-45-39-33-26-22-24-29-35-41-47-53-65(3)4)63-87-91(79,80)85-59-67(74)60-86-92(81,82)88-64-69(61-83-70(75)55-49-43-37-31-23-18-16-14-12-10-8-2)90-73(78)58-52-46-40-34-28-27-30-36-42-48-54-66(5)6/h65-69,74H,7-64H2,1-6H3,(H,79,80)(H,81,82)/t67-,68-,69-/m1/s1. The average Bonchev–Trinajstić information content (AvgIpc) is 1.70. The molecule has 0 saturated heterocycles. The largest absolute Gasteiger partial charge is 0.472 e. The number of hydrogen-bond acceptors (Lipinski definition) is 15. The van der Waals surface area contributed by atoms with Crippen LogP contribution < -0.4 is 0 Å². The van der Waals surface area contributed by atoms with Crippen molar-refractivity contribution in [2.45, 2.75) is 394 Å². The maximum absolute atomic E-state index is 13.1. The van der Waals surface area contributed by atoms with Crippen molar-refractivity contribution < 1.29 is 80.2 Å². The molecule has 0 rings (SSSR count). The van der Waals surface area contributed by atoms with E-state index >= 15 is 0 Å². The molecule has 92 heavy (non-hydrogen) atoms. The molecule has 17 nitrogen and oxygen atoms in total. The second kappa shape index (κ2) is 65.0. The number of phosphoric acid groups is 2. The molecule has 0 bridgehead atoms. The lowest BCUT2D eigenvalue weighted by Crippen LogP contribution is -2.30. The molecule has 2 unspecified atom stereocenters. The highest BCUT2D eigenvalue weighted by Crippen LogP contribution is 2.45. The van der Waals surface area contributed by atoms with Crippen LogP contribution in [0.15, 0.2) is 0 Å². The molecule has 0 aromatic heterocycles. The van der Waals surface area contributed by atoms with Crippen molar-refractivity contribution >= 4 is 39.5 Å². The minimum atomic E-state index is -4.95. The van der Waals surface area contributed by atoms with Gasteiger partial charge >= 0.3 is 39.5 Å². The highest BCUT2D eigenvalue weighted by molar-refractivity contribution is 7.47. The van der Waals surface area contributed by atoms with Gasteiger partial charge in [0.2, 0.25) is 0 Å². The number of aliphatic hydroxyl groups is 1. The Morgan fingerprint density at radius 3 is 0.739 bits per heavy atom. The van der Waals surface area contributed by atoms with E-state index in [1.54, 1.807) is 0 Å². The van der Waals surface area contributed by atoms with Gasteiger partial charge in [-0.25, -0.2) is 9.13 Å². The van der Waals surface area contributed by atoms with Crippen LogP contribution in [-0.2, 0) is 65.4 Å². The predicted molar refractivity (Wildman–Crippen MR) is 372 cm³/mol. The van der Waals surface area contributed by atoms with E-state index in [1.165, 1.54) is 193 Å². The van der Waals surface area contributed by atoms with Crippen molar-refractivity contribution in [3.8, 4) is 0 Å². The molecule has 0 heterocycles. The van der Waals surface area contributed by atoms with Gasteiger partial charge in [0.05, 0.1) is 26.4 Å². The molecule has 0 aromatic rings. The molecular weight excluding hydrogens is 1210 g/mol. The van der Waals surface area contributed by atoms with Gasteiger partial charge in [0.1, 0.15) is 19.3 Å². The molecule has 0 saturated carbocycles. The Morgan fingerprint density at radius 1 is 0.293 bits per heavy atom. The minimum Gasteiger partial charge on any atom is -0.462 e. The monoisotopic (exact) mass is 1350 g/mol. The number of aliphatic hydroxyl groups excluding tert-OH is 1. The van der Waals surface area contributed by atoms with Gasteiger partial charge in [0.25, 0.3) is 0 Å². The van der Waals surface area contributed by atoms with Gasteiger partial charge in [-0.3, -0.25) is 37.3 Å². The number of esters is 4. The number of phosphoric ester groups is 2. The number of carbonyl (C=O) groups is 4. The Labute approximate surface area is 562 Å². The van der Waals surface area contributed by atoms with Crippen LogP contribution in [-0.4, -0.2) is 96.7 Å². The molecule has 0 aliphatic carbocycles. The number of unbranched alkanes of at least 4 members (excludes halogenated alkanes) is 42. The van der Waals surface area contributed by atoms with E-state index in [2.05, 4.69) is 41.5 Å². The summed E-state index contributed by atoms with van der Waals surface area (Å²) in [6, 6.07) is 0. The summed E-state index contributed by atoms with van der Waals surface area (Å²) in [5, 5.41) is 10.6. The summed E-state index contributed by atoms with van der Waals surface area (Å²) < 4.78 is 68.4. The maximum atomic E-state index is 13.1. The Bertz CT molecular complexity index is 1790. The summed E-state index contributed by atoms with van der Waals surface area (Å²) in [7, 11) is -9.91. The summed E-state index contributed by atoms with van der Waals surface area (Å²) in [5.74, 6) is -0.600. The average molecular weight is 1350 g/mol. The first-order valence-electron chi connectivity index (χ1n) is 38.0. The molecule has 5 atom stereocenters. The third-order valence-corrected chi connectivity index (χ3v) is 18.9. The van der Waals surface area contributed by atoms with Crippen molar-refractivity contribution in [2.75, 3.05) is 39.6 Å². The van der Waals surface area contributed by atoms with Gasteiger partial charge in [-0.1, -0.05) is 324 Å². The minimum absolute atomic E-state index is 0.106. The van der Waals surface area contributed by atoms with Gasteiger partial charge < -0.3 is 33.8 Å². The van der Waals surface area contributed by atoms with Gasteiger partial charge in [0, 0.05) is 25.7 Å². The van der Waals surface area contributed by atoms with Gasteiger partial charge in [-0.2, -0.15) is 0 Å². The van der Waals surface area contributed by atoms with Crippen LogP contribution in [0.5, 0.6) is 0 Å². The van der Waals surface area contributed by atoms with E-state index in [9.17, 15) is 43.2 Å². The van der Waals surface area contributed by atoms with E-state index in [4.69, 9.17) is 37.0 Å². The fourth-order valence-electron chi connectivity index (χ4n) is 11.1. The van der Waals surface area contributed by atoms with Crippen molar-refractivity contribution in [3.05, 3.63) is 0 Å². The predicted octanol–water partition coefficient (Wildman–Crippen LogP) is 21.2. The molecule has 0 aliphatic heterocycles. The first-order chi connectivity index (χ1) is 44.4. The number of ether oxygens (including phenoxy) is 4. The second-order valence-corrected chi connectivity index (χ2v) is 30.2. The molecule has 0 fully saturated rings. The lowest BCUT2D eigenvalue weighted by molar-refractivity contribution is -0.161. The molecular formula is C73H142O17P2. The number of hydrogen-bond donors (Lipinski definition) is 3. The normalized spacial score (nSPS) is 14.1. The smallest absolute Gasteiger partial charge is 0.462 e. The third-order valence-electron chi connectivity index (χ3n) is 17.0. The van der Waals surface area contributed by atoms with E-state index in [0.717, 1.165) is 102 Å². The zero-order chi connectivity index (χ0) is 67.9. The number of rotatable bonds is 72. The van der Waals surface area contributed by atoms with Crippen LogP contribution in [0.25, 0.3) is 0 Å². The summed E-state index contributed by atoms with van der Waals surface area (Å²) in [6.45, 7) is 9.57. The molecule has 0 aromatic carbocycles. The molecule has 0 amide bonds. The molecule has 0 radical (unpaired) electrons. The maximum Gasteiger partial charge on any atom is 0.472 e. The van der Waals surface area contributed by atoms with E-state index < -0.39 is 97.5 Å². The van der Waals surface area contributed by atoms with E-state index in [1.807, 2.05) is 0 Å². The highest BCUT2D eigenvalue weighted by atomic mass is 31.2. The Kier molecular flexibility index (Phi) is 63.7. The van der Waals surface area contributed by atoms with Crippen molar-refractivity contribution in [1.29, 1.82) is 0 Å². The summed E-state index contributed by atoms with van der Waals surface area (Å²) in [6.07, 6.45) is 51.2. The van der Waals surface area contributed by atoms with Crippen LogP contribution >= 0.6 is 15.6 Å². The van der Waals surface area contributed by atoms with Crippen molar-refractivity contribution in [1.82, 2.24) is 0 Å². The third kappa shape index (κ3) is 66.7. The topological polar surface area (TPSA) is 237 Å². The van der Waals surface area contributed by atoms with Crippen LogP contribution in [0.2, 0.25) is 0 Å². The van der Waals surface area contributed by atoms with Crippen LogP contribution in [0, 0.1) is 11.8 Å². The Hall–Kier alpha value is -1.94. The summed E-state index contributed by atoms with van der Waals surface area (Å²) in [5.41, 5.74) is 0. The van der Waals surface area contributed by atoms with E-state index in [-0.39, 0.29) is 25.7 Å². The lowest BCUT2D eigenvalue weighted by Gasteiger charge is -2.21.